The highest BCUT2D eigenvalue weighted by atomic mass is 32.1. The number of hydrogen-bond acceptors (Lipinski definition) is 4. The Bertz CT molecular complexity index is 807. The van der Waals surface area contributed by atoms with Crippen molar-refractivity contribution in [2.75, 3.05) is 6.67 Å². The molecule has 1 aliphatic rings. The van der Waals surface area contributed by atoms with Gasteiger partial charge >= 0.3 is 0 Å². The average Bonchev–Trinajstić information content (AvgIpc) is 3.29. The summed E-state index contributed by atoms with van der Waals surface area (Å²) in [6, 6.07) is -0.128. The Kier molecular flexibility index (Phi) is 5.55. The van der Waals surface area contributed by atoms with Crippen LogP contribution in [0.2, 0.25) is 0 Å². The fourth-order valence-electron chi connectivity index (χ4n) is 2.93. The number of thiazole rings is 1. The zero-order chi connectivity index (χ0) is 17.6. The molecule has 0 bridgehead atoms. The lowest BCUT2D eigenvalue weighted by Crippen LogP contribution is -2.31. The predicted octanol–water partition coefficient (Wildman–Crippen LogP) is 3.70. The maximum Gasteiger partial charge on any atom is 0.271 e. The number of nitrogens with zero attached hydrogens (tertiary/aromatic N) is 3. The molecule has 0 radical (unpaired) electrons. The Morgan fingerprint density at radius 3 is 3.12 bits per heavy atom. The summed E-state index contributed by atoms with van der Waals surface area (Å²) in [5, 5.41) is 9.08. The molecule has 0 saturated carbocycles. The number of alkyl halides is 1. The van der Waals surface area contributed by atoms with Crippen molar-refractivity contribution in [3.05, 3.63) is 64.9 Å². The first-order valence-electron chi connectivity index (χ1n) is 8.05. The summed E-state index contributed by atoms with van der Waals surface area (Å²) >= 11 is 1.38. The smallest absolute Gasteiger partial charge is 0.271 e. The molecule has 130 valence electrons. The van der Waals surface area contributed by atoms with Gasteiger partial charge in [0.25, 0.3) is 5.91 Å². The molecule has 1 atom stereocenters. The molecule has 0 spiro atoms. The molecule has 2 heterocycles. The Balaban J connectivity index is 1.84. The van der Waals surface area contributed by atoms with Crippen LogP contribution in [-0.4, -0.2) is 27.3 Å². The summed E-state index contributed by atoms with van der Waals surface area (Å²) in [6.07, 6.45) is 11.1. The maximum atomic E-state index is 13.4. The lowest BCUT2D eigenvalue weighted by Gasteiger charge is -2.24. The summed E-state index contributed by atoms with van der Waals surface area (Å²) in [6.45, 7) is 2.98. The van der Waals surface area contributed by atoms with E-state index in [4.69, 9.17) is 0 Å². The zero-order valence-corrected chi connectivity index (χ0v) is 14.5. The van der Waals surface area contributed by atoms with Crippen molar-refractivity contribution in [1.29, 1.82) is 0 Å². The van der Waals surface area contributed by atoms with Gasteiger partial charge in [-0.1, -0.05) is 24.8 Å². The summed E-state index contributed by atoms with van der Waals surface area (Å²) in [4.78, 5) is 16.3. The lowest BCUT2D eigenvalue weighted by atomic mass is 9.92. The van der Waals surface area contributed by atoms with Gasteiger partial charge in [-0.2, -0.15) is 5.10 Å². The molecule has 1 amide bonds. The van der Waals surface area contributed by atoms with Crippen molar-refractivity contribution in [3.8, 4) is 0 Å². The number of carbonyl (C=O) groups is 1. The van der Waals surface area contributed by atoms with Crippen LogP contribution in [-0.2, 0) is 6.42 Å². The average molecular weight is 358 g/mol. The molecule has 0 fully saturated rings. The molecule has 2 aromatic heterocycles. The molecule has 1 N–H and O–H groups in total. The Labute approximate surface area is 149 Å². The second-order valence-corrected chi connectivity index (χ2v) is 6.38. The third-order valence-corrected chi connectivity index (χ3v) is 4.68. The van der Waals surface area contributed by atoms with Gasteiger partial charge in [-0.25, -0.2) is 14.1 Å². The molecular weight excluding hydrogens is 339 g/mol. The number of aromatic nitrogens is 3. The highest BCUT2D eigenvalue weighted by Crippen LogP contribution is 2.31. The molecule has 1 unspecified atom stereocenters. The van der Waals surface area contributed by atoms with Gasteiger partial charge in [0.2, 0.25) is 0 Å². The number of fused-ring (bicyclic) bond motifs is 1. The topological polar surface area (TPSA) is 59.8 Å². The van der Waals surface area contributed by atoms with E-state index < -0.39 is 6.67 Å². The highest BCUT2D eigenvalue weighted by Gasteiger charge is 2.27. The molecule has 7 heteroatoms. The minimum absolute atomic E-state index is 0.128. The number of amides is 1. The summed E-state index contributed by atoms with van der Waals surface area (Å²) in [5.41, 5.74) is 4.41. The van der Waals surface area contributed by atoms with E-state index in [0.717, 1.165) is 30.5 Å². The number of carbonyl (C=O) groups excluding carboxylic acids is 1. The van der Waals surface area contributed by atoms with Crippen LogP contribution in [0.25, 0.3) is 5.70 Å². The molecule has 2 aromatic rings. The lowest BCUT2D eigenvalue weighted by molar-refractivity contribution is 0.0928. The van der Waals surface area contributed by atoms with Crippen LogP contribution in [0.3, 0.4) is 0 Å². The van der Waals surface area contributed by atoms with Gasteiger partial charge in [0.1, 0.15) is 12.4 Å². The van der Waals surface area contributed by atoms with Gasteiger partial charge in [0.05, 0.1) is 23.4 Å². The van der Waals surface area contributed by atoms with Crippen molar-refractivity contribution >= 4 is 22.9 Å². The quantitative estimate of drug-likeness (QED) is 0.801. The van der Waals surface area contributed by atoms with Crippen LogP contribution in [0.1, 0.15) is 40.6 Å². The van der Waals surface area contributed by atoms with Crippen molar-refractivity contribution in [2.24, 2.45) is 0 Å². The monoisotopic (exact) mass is 358 g/mol. The van der Waals surface area contributed by atoms with Crippen molar-refractivity contribution < 1.29 is 9.18 Å². The Morgan fingerprint density at radius 1 is 1.52 bits per heavy atom. The van der Waals surface area contributed by atoms with E-state index in [0.29, 0.717) is 11.4 Å². The van der Waals surface area contributed by atoms with Gasteiger partial charge in [-0.15, -0.1) is 11.3 Å². The molecular formula is C18H19FN4OS. The summed E-state index contributed by atoms with van der Waals surface area (Å²) < 4.78 is 15.1. The van der Waals surface area contributed by atoms with E-state index in [9.17, 15) is 9.18 Å². The van der Waals surface area contributed by atoms with Gasteiger partial charge in [0.15, 0.2) is 0 Å². The van der Waals surface area contributed by atoms with E-state index in [2.05, 4.69) is 22.0 Å². The van der Waals surface area contributed by atoms with Gasteiger partial charge in [0, 0.05) is 16.6 Å². The Morgan fingerprint density at radius 2 is 2.40 bits per heavy atom. The number of halogens is 1. The largest absolute Gasteiger partial charge is 0.344 e. The van der Waals surface area contributed by atoms with Crippen molar-refractivity contribution in [3.63, 3.8) is 0 Å². The maximum absolute atomic E-state index is 13.4. The number of hydrogen-bond donors (Lipinski definition) is 1. The zero-order valence-electron chi connectivity index (χ0n) is 13.7. The van der Waals surface area contributed by atoms with Crippen molar-refractivity contribution in [1.82, 2.24) is 20.1 Å². The number of allylic oxidation sites excluding steroid dienone is 5. The normalized spacial score (nSPS) is 17.5. The summed E-state index contributed by atoms with van der Waals surface area (Å²) in [7, 11) is 0. The standard InChI is InChI=1S/C18H19FN4OS/c1-2-3-4-6-13(9-19)23-17-8-5-7-15(14(17)10-21-23)22-18(24)16-11-25-12-20-16/h2-4,6,10-12,15H,1,5,7-9H2,(H,22,24)/b4-3-,13-6+. The van der Waals surface area contributed by atoms with Gasteiger partial charge in [-0.3, -0.25) is 4.79 Å². The first kappa shape index (κ1) is 17.3. The van der Waals surface area contributed by atoms with Crippen LogP contribution in [0, 0.1) is 0 Å². The summed E-state index contributed by atoms with van der Waals surface area (Å²) in [5.74, 6) is -0.193. The van der Waals surface area contributed by atoms with Gasteiger partial charge in [-0.05, 0) is 25.3 Å². The van der Waals surface area contributed by atoms with E-state index in [1.807, 2.05) is 0 Å². The molecule has 1 aliphatic carbocycles. The SMILES string of the molecule is C=C/C=C\C=C(/CF)n1ncc2c1CCCC2NC(=O)c1cscn1. The third-order valence-electron chi connectivity index (χ3n) is 4.10. The third kappa shape index (κ3) is 3.76. The first-order chi connectivity index (χ1) is 12.2. The molecule has 0 aliphatic heterocycles. The van der Waals surface area contributed by atoms with Crippen LogP contribution >= 0.6 is 11.3 Å². The first-order valence-corrected chi connectivity index (χ1v) is 8.99. The van der Waals surface area contributed by atoms with E-state index in [1.54, 1.807) is 46.1 Å². The van der Waals surface area contributed by atoms with E-state index in [1.165, 1.54) is 11.3 Å². The molecule has 5 nitrogen and oxygen atoms in total. The van der Waals surface area contributed by atoms with E-state index >= 15 is 0 Å². The molecule has 3 rings (SSSR count). The predicted molar refractivity (Wildman–Crippen MR) is 97.1 cm³/mol. The molecule has 0 aromatic carbocycles. The highest BCUT2D eigenvalue weighted by molar-refractivity contribution is 7.07. The Hall–Kier alpha value is -2.54. The van der Waals surface area contributed by atoms with Crippen LogP contribution in [0.4, 0.5) is 4.39 Å². The minimum atomic E-state index is -0.620. The second kappa shape index (κ2) is 8.02. The number of nitrogens with one attached hydrogen (secondary N) is 1. The molecule has 0 saturated heterocycles. The van der Waals surface area contributed by atoms with Crippen LogP contribution in [0.5, 0.6) is 0 Å². The van der Waals surface area contributed by atoms with E-state index in [-0.39, 0.29) is 11.9 Å². The second-order valence-electron chi connectivity index (χ2n) is 5.66. The fourth-order valence-corrected chi connectivity index (χ4v) is 3.46. The minimum Gasteiger partial charge on any atom is -0.344 e. The number of rotatable bonds is 6. The van der Waals surface area contributed by atoms with Gasteiger partial charge < -0.3 is 5.32 Å². The van der Waals surface area contributed by atoms with Crippen LogP contribution in [0.15, 0.2) is 48.0 Å². The fraction of sp³-hybridized carbons (Fsp3) is 0.278. The van der Waals surface area contributed by atoms with Crippen molar-refractivity contribution in [2.45, 2.75) is 25.3 Å². The molecule has 25 heavy (non-hydrogen) atoms. The van der Waals surface area contributed by atoms with Crippen LogP contribution < -0.4 is 5.32 Å².